The largest absolute Gasteiger partial charge is 0.462 e. The van der Waals surface area contributed by atoms with Crippen molar-refractivity contribution in [2.24, 2.45) is 4.99 Å². The summed E-state index contributed by atoms with van der Waals surface area (Å²) in [4.78, 5) is 40.2. The summed E-state index contributed by atoms with van der Waals surface area (Å²) in [5, 5.41) is 2.97. The molecule has 0 saturated carbocycles. The Morgan fingerprint density at radius 3 is 2.71 bits per heavy atom. The molecule has 0 saturated heterocycles. The van der Waals surface area contributed by atoms with Crippen LogP contribution in [0.1, 0.15) is 51.7 Å². The van der Waals surface area contributed by atoms with Crippen molar-refractivity contribution in [1.29, 1.82) is 0 Å². The monoisotopic (exact) mass is 455 g/mol. The van der Waals surface area contributed by atoms with Gasteiger partial charge in [-0.15, -0.1) is 0 Å². The predicted molar refractivity (Wildman–Crippen MR) is 128 cm³/mol. The maximum atomic E-state index is 13.0. The van der Waals surface area contributed by atoms with Crippen molar-refractivity contribution in [2.45, 2.75) is 31.9 Å². The summed E-state index contributed by atoms with van der Waals surface area (Å²) in [6, 6.07) is 13.5. The van der Waals surface area contributed by atoms with Gasteiger partial charge < -0.3 is 15.0 Å². The van der Waals surface area contributed by atoms with Crippen molar-refractivity contribution in [3.63, 3.8) is 0 Å². The van der Waals surface area contributed by atoms with Crippen LogP contribution in [0.2, 0.25) is 0 Å². The summed E-state index contributed by atoms with van der Waals surface area (Å²) in [5.74, 6) is 0.145. The van der Waals surface area contributed by atoms with Gasteiger partial charge in [-0.25, -0.2) is 4.98 Å². The van der Waals surface area contributed by atoms with Crippen LogP contribution >= 0.6 is 0 Å². The third-order valence-corrected chi connectivity index (χ3v) is 6.30. The molecule has 0 unspecified atom stereocenters. The second kappa shape index (κ2) is 9.05. The molecule has 1 amide bonds. The van der Waals surface area contributed by atoms with Gasteiger partial charge in [0.1, 0.15) is 11.4 Å². The maximum Gasteiger partial charge on any atom is 0.275 e. The van der Waals surface area contributed by atoms with E-state index in [2.05, 4.69) is 20.3 Å². The smallest absolute Gasteiger partial charge is 0.275 e. The van der Waals surface area contributed by atoms with E-state index < -0.39 is 11.6 Å². The van der Waals surface area contributed by atoms with Crippen LogP contribution in [0.4, 0.5) is 5.69 Å². The Labute approximate surface area is 197 Å². The highest BCUT2D eigenvalue weighted by Gasteiger charge is 2.37. The summed E-state index contributed by atoms with van der Waals surface area (Å²) in [6.07, 6.45) is 8.07. The number of ketones is 1. The highest BCUT2D eigenvalue weighted by Crippen LogP contribution is 2.40. The van der Waals surface area contributed by atoms with Gasteiger partial charge in [-0.2, -0.15) is 0 Å². The summed E-state index contributed by atoms with van der Waals surface area (Å²) < 4.78 is 6.71. The van der Waals surface area contributed by atoms with Crippen molar-refractivity contribution >= 4 is 23.7 Å². The molecule has 2 aliphatic rings. The van der Waals surface area contributed by atoms with Gasteiger partial charge in [0.2, 0.25) is 5.72 Å². The number of benzene rings is 2. The Bertz CT molecular complexity index is 1250. The minimum atomic E-state index is -0.875. The van der Waals surface area contributed by atoms with Crippen LogP contribution < -0.4 is 10.1 Å². The average molecular weight is 456 g/mol. The van der Waals surface area contributed by atoms with E-state index in [0.717, 1.165) is 17.5 Å². The number of carbonyl (C=O) groups is 2. The number of aromatic nitrogens is 2. The molecule has 0 spiro atoms. The number of aliphatic imine (C=N–C) groups is 1. The van der Waals surface area contributed by atoms with E-state index in [0.29, 0.717) is 42.9 Å². The number of nitrogens with one attached hydrogen (secondary N) is 1. The molecule has 0 radical (unpaired) electrons. The van der Waals surface area contributed by atoms with Gasteiger partial charge in [0, 0.05) is 36.5 Å². The number of hydrogen-bond acceptors (Lipinski definition) is 7. The molecule has 1 aliphatic carbocycles. The lowest BCUT2D eigenvalue weighted by atomic mass is 9.89. The van der Waals surface area contributed by atoms with Gasteiger partial charge in [-0.05, 0) is 37.5 Å². The maximum absolute atomic E-state index is 13.0. The lowest BCUT2D eigenvalue weighted by Crippen LogP contribution is -2.47. The van der Waals surface area contributed by atoms with Crippen LogP contribution in [-0.4, -0.2) is 46.0 Å². The normalized spacial score (nSPS) is 16.6. The van der Waals surface area contributed by atoms with Crippen LogP contribution in [-0.2, 0) is 12.1 Å². The summed E-state index contributed by atoms with van der Waals surface area (Å²) >= 11 is 0. The number of anilines is 1. The zero-order chi connectivity index (χ0) is 23.5. The first kappa shape index (κ1) is 21.8. The lowest BCUT2D eigenvalue weighted by molar-refractivity contribution is -0.0246. The fourth-order valence-corrected chi connectivity index (χ4v) is 4.47. The van der Waals surface area contributed by atoms with Crippen molar-refractivity contribution < 1.29 is 14.3 Å². The van der Waals surface area contributed by atoms with E-state index in [9.17, 15) is 9.59 Å². The molecule has 2 aromatic carbocycles. The van der Waals surface area contributed by atoms with E-state index in [-0.39, 0.29) is 11.5 Å². The number of Topliss-reactive ketones (excluding diaryl/α,β-unsaturated/α-hetero) is 1. The third kappa shape index (κ3) is 4.03. The molecule has 1 atom stereocenters. The van der Waals surface area contributed by atoms with E-state index >= 15 is 0 Å². The molecule has 1 N–H and O–H groups in total. The topological polar surface area (TPSA) is 96.8 Å². The van der Waals surface area contributed by atoms with Gasteiger partial charge >= 0.3 is 0 Å². The Morgan fingerprint density at radius 2 is 1.97 bits per heavy atom. The second-order valence-electron chi connectivity index (χ2n) is 8.45. The van der Waals surface area contributed by atoms with Crippen LogP contribution in [0.15, 0.2) is 66.0 Å². The Kier molecular flexibility index (Phi) is 5.79. The van der Waals surface area contributed by atoms with Crippen molar-refractivity contribution in [1.82, 2.24) is 14.9 Å². The minimum Gasteiger partial charge on any atom is -0.462 e. The first-order chi connectivity index (χ1) is 16.6. The molecule has 1 aliphatic heterocycles. The van der Waals surface area contributed by atoms with E-state index in [4.69, 9.17) is 4.74 Å². The van der Waals surface area contributed by atoms with Crippen molar-refractivity contribution in [2.75, 3.05) is 18.4 Å². The summed E-state index contributed by atoms with van der Waals surface area (Å²) in [7, 11) is 0. The highest BCUT2D eigenvalue weighted by molar-refractivity contribution is 6.06. The molecule has 8 nitrogen and oxygen atoms in total. The van der Waals surface area contributed by atoms with E-state index in [1.165, 1.54) is 18.6 Å². The molecular formula is C26H25N5O3. The number of carbonyl (C=O) groups excluding carboxylic acids is 2. The Hall–Kier alpha value is -4.07. The van der Waals surface area contributed by atoms with Gasteiger partial charge in [0.25, 0.3) is 5.91 Å². The quantitative estimate of drug-likeness (QED) is 0.607. The number of amides is 1. The van der Waals surface area contributed by atoms with Crippen LogP contribution in [0.5, 0.6) is 5.75 Å². The Morgan fingerprint density at radius 1 is 1.12 bits per heavy atom. The molecule has 0 fully saturated rings. The molecule has 5 rings (SSSR count). The first-order valence-electron chi connectivity index (χ1n) is 11.3. The average Bonchev–Trinajstić information content (AvgIpc) is 3.42. The zero-order valence-corrected chi connectivity index (χ0v) is 18.9. The second-order valence-corrected chi connectivity index (χ2v) is 8.45. The van der Waals surface area contributed by atoms with Crippen LogP contribution in [0.25, 0.3) is 0 Å². The number of hydrogen-bond donors (Lipinski definition) is 1. The number of nitrogens with zero attached hydrogens (tertiary/aromatic N) is 4. The SMILES string of the molecule is C[C@](Oc1ccc2c(c1NC(=O)c1cnccn1)CCCC2=O)(c1ccccc1)N1C=NCC1. The van der Waals surface area contributed by atoms with Crippen LogP contribution in [0, 0.1) is 0 Å². The molecule has 3 aromatic rings. The Balaban J connectivity index is 1.59. The van der Waals surface area contributed by atoms with Gasteiger partial charge in [0.05, 0.1) is 24.8 Å². The molecule has 172 valence electrons. The molecule has 0 bridgehead atoms. The van der Waals surface area contributed by atoms with Gasteiger partial charge in [0.15, 0.2) is 5.78 Å². The number of rotatable bonds is 6. The van der Waals surface area contributed by atoms with Crippen LogP contribution in [0.3, 0.4) is 0 Å². The summed E-state index contributed by atoms with van der Waals surface area (Å²) in [5.41, 5.74) is 2.17. The molecule has 8 heteroatoms. The fraction of sp³-hybridized carbons (Fsp3) is 0.269. The first-order valence-corrected chi connectivity index (χ1v) is 11.3. The number of fused-ring (bicyclic) bond motifs is 1. The highest BCUT2D eigenvalue weighted by atomic mass is 16.5. The van der Waals surface area contributed by atoms with E-state index in [1.807, 2.05) is 42.2 Å². The molecule has 2 heterocycles. The zero-order valence-electron chi connectivity index (χ0n) is 18.9. The predicted octanol–water partition coefficient (Wildman–Crippen LogP) is 3.84. The summed E-state index contributed by atoms with van der Waals surface area (Å²) in [6.45, 7) is 3.37. The van der Waals surface area contributed by atoms with Crippen molar-refractivity contribution in [3.05, 3.63) is 83.4 Å². The third-order valence-electron chi connectivity index (χ3n) is 6.30. The van der Waals surface area contributed by atoms with E-state index in [1.54, 1.807) is 18.5 Å². The standard InChI is InChI=1S/C26H25N5O3/c1-26(31-15-14-28-17-31,18-6-3-2-4-7-18)34-23-11-10-19-20(8-5-9-22(19)32)24(23)30-25(33)21-16-27-12-13-29-21/h2-4,6-7,10-13,16-17H,5,8-9,14-15H2,1H3,(H,30,33)/t26-/m0/s1. The molecular weight excluding hydrogens is 430 g/mol. The molecule has 1 aromatic heterocycles. The van der Waals surface area contributed by atoms with Gasteiger partial charge in [-0.3, -0.25) is 19.6 Å². The minimum absolute atomic E-state index is 0.0697. The molecule has 34 heavy (non-hydrogen) atoms. The number of ether oxygens (including phenoxy) is 1. The van der Waals surface area contributed by atoms with Crippen molar-refractivity contribution in [3.8, 4) is 5.75 Å². The van der Waals surface area contributed by atoms with Gasteiger partial charge in [-0.1, -0.05) is 30.3 Å². The fourth-order valence-electron chi connectivity index (χ4n) is 4.47. The lowest BCUT2D eigenvalue weighted by Gasteiger charge is -2.39.